The first-order chi connectivity index (χ1) is 15.3. The molecule has 1 saturated carbocycles. The zero-order chi connectivity index (χ0) is 22.5. The monoisotopic (exact) mass is 464 g/mol. The first-order valence-corrected chi connectivity index (χ1v) is 12.2. The van der Waals surface area contributed by atoms with E-state index in [1.807, 2.05) is 0 Å². The standard InChI is InChI=1S/C23H23F3N2O3S/c24-15-3-1-13(2-4-15)22-21(19-11-16(25)12-20(26)23(19)27-22)14-9-17(10-14)28-32(29,30)18-5-7-31-8-6-18/h1-4,11-12,14,17-18,27-28H,5-10H2/t14-,17+. The molecule has 2 heterocycles. The quantitative estimate of drug-likeness (QED) is 0.580. The predicted molar refractivity (Wildman–Crippen MR) is 115 cm³/mol. The third-order valence-corrected chi connectivity index (χ3v) is 8.49. The van der Waals surface area contributed by atoms with E-state index < -0.39 is 32.7 Å². The molecule has 1 saturated heterocycles. The van der Waals surface area contributed by atoms with Crippen LogP contribution in [0, 0.1) is 17.5 Å². The molecule has 0 unspecified atom stereocenters. The normalized spacial score (nSPS) is 22.2. The van der Waals surface area contributed by atoms with Crippen LogP contribution in [0.2, 0.25) is 0 Å². The molecule has 9 heteroatoms. The van der Waals surface area contributed by atoms with Gasteiger partial charge < -0.3 is 9.72 Å². The summed E-state index contributed by atoms with van der Waals surface area (Å²) < 4.78 is 75.4. The number of hydrogen-bond donors (Lipinski definition) is 2. The number of halogens is 3. The van der Waals surface area contributed by atoms with Gasteiger partial charge in [-0.1, -0.05) is 0 Å². The van der Waals surface area contributed by atoms with Gasteiger partial charge in [0.25, 0.3) is 0 Å². The Morgan fingerprint density at radius 3 is 2.34 bits per heavy atom. The van der Waals surface area contributed by atoms with Crippen LogP contribution in [0.5, 0.6) is 0 Å². The van der Waals surface area contributed by atoms with Gasteiger partial charge in [-0.15, -0.1) is 0 Å². The first-order valence-electron chi connectivity index (χ1n) is 10.7. The van der Waals surface area contributed by atoms with E-state index in [9.17, 15) is 21.6 Å². The summed E-state index contributed by atoms with van der Waals surface area (Å²) in [6.07, 6.45) is 1.98. The number of ether oxygens (including phenoxy) is 1. The molecule has 0 amide bonds. The summed E-state index contributed by atoms with van der Waals surface area (Å²) in [5.74, 6) is -1.87. The van der Waals surface area contributed by atoms with E-state index in [1.165, 1.54) is 18.2 Å². The highest BCUT2D eigenvalue weighted by atomic mass is 32.2. The summed E-state index contributed by atoms with van der Waals surface area (Å²) in [5, 5.41) is -0.0288. The first kappa shape index (κ1) is 21.5. The lowest BCUT2D eigenvalue weighted by molar-refractivity contribution is 0.0979. The molecule has 2 aromatic carbocycles. The van der Waals surface area contributed by atoms with Crippen molar-refractivity contribution in [3.8, 4) is 11.3 Å². The van der Waals surface area contributed by atoms with E-state index in [0.29, 0.717) is 55.5 Å². The summed E-state index contributed by atoms with van der Waals surface area (Å²) >= 11 is 0. The van der Waals surface area contributed by atoms with E-state index in [-0.39, 0.29) is 17.5 Å². The van der Waals surface area contributed by atoms with E-state index >= 15 is 0 Å². The minimum Gasteiger partial charge on any atom is -0.381 e. The van der Waals surface area contributed by atoms with Gasteiger partial charge in [-0.3, -0.25) is 0 Å². The molecular weight excluding hydrogens is 441 g/mol. The number of nitrogens with one attached hydrogen (secondary N) is 2. The summed E-state index contributed by atoms with van der Waals surface area (Å²) in [5.41, 5.74) is 2.17. The molecule has 2 aliphatic rings. The Kier molecular flexibility index (Phi) is 5.51. The summed E-state index contributed by atoms with van der Waals surface area (Å²) in [4.78, 5) is 3.04. The van der Waals surface area contributed by atoms with Crippen molar-refractivity contribution in [2.45, 2.75) is 42.9 Å². The maximum atomic E-state index is 14.5. The van der Waals surface area contributed by atoms with Crippen molar-refractivity contribution in [1.82, 2.24) is 9.71 Å². The number of hydrogen-bond acceptors (Lipinski definition) is 3. The van der Waals surface area contributed by atoms with Crippen LogP contribution in [0.25, 0.3) is 22.2 Å². The predicted octanol–water partition coefficient (Wildman–Crippen LogP) is 4.60. The zero-order valence-electron chi connectivity index (χ0n) is 17.2. The van der Waals surface area contributed by atoms with Crippen molar-refractivity contribution in [1.29, 1.82) is 0 Å². The third-order valence-electron chi connectivity index (χ3n) is 6.48. The van der Waals surface area contributed by atoms with Crippen molar-refractivity contribution < 1.29 is 26.3 Å². The SMILES string of the molecule is O=S(=O)(N[C@H]1C[C@@H](c2c(-c3ccc(F)cc3)[nH]c3c(F)cc(F)cc32)C1)C1CCOCC1. The van der Waals surface area contributed by atoms with Crippen LogP contribution in [0.3, 0.4) is 0 Å². The second-order valence-corrected chi connectivity index (χ2v) is 10.6. The largest absolute Gasteiger partial charge is 0.381 e. The number of rotatable bonds is 5. The lowest BCUT2D eigenvalue weighted by atomic mass is 9.74. The van der Waals surface area contributed by atoms with Crippen LogP contribution in [0.1, 0.15) is 37.2 Å². The number of aromatic amines is 1. The molecule has 5 nitrogen and oxygen atoms in total. The lowest BCUT2D eigenvalue weighted by Gasteiger charge is -2.37. The third kappa shape index (κ3) is 3.93. The molecular formula is C23H23F3N2O3S. The fourth-order valence-electron chi connectivity index (χ4n) is 4.77. The smallest absolute Gasteiger partial charge is 0.214 e. The van der Waals surface area contributed by atoms with Gasteiger partial charge in [0.05, 0.1) is 16.5 Å². The molecule has 0 atom stereocenters. The molecule has 2 N–H and O–H groups in total. The number of aromatic nitrogens is 1. The minimum absolute atomic E-state index is 0.0904. The molecule has 32 heavy (non-hydrogen) atoms. The van der Waals surface area contributed by atoms with Crippen LogP contribution in [0.15, 0.2) is 36.4 Å². The van der Waals surface area contributed by atoms with Crippen LogP contribution in [-0.2, 0) is 14.8 Å². The maximum absolute atomic E-state index is 14.5. The lowest BCUT2D eigenvalue weighted by Crippen LogP contribution is -2.48. The van der Waals surface area contributed by atoms with E-state index in [1.54, 1.807) is 12.1 Å². The highest BCUT2D eigenvalue weighted by Crippen LogP contribution is 2.46. The van der Waals surface area contributed by atoms with Crippen LogP contribution < -0.4 is 4.72 Å². The molecule has 1 aliphatic carbocycles. The van der Waals surface area contributed by atoms with Crippen molar-refractivity contribution in [2.24, 2.45) is 0 Å². The van der Waals surface area contributed by atoms with Gasteiger partial charge in [0.2, 0.25) is 10.0 Å². The van der Waals surface area contributed by atoms with Gasteiger partial charge in [0.1, 0.15) is 17.5 Å². The molecule has 5 rings (SSSR count). The van der Waals surface area contributed by atoms with Gasteiger partial charge in [0, 0.05) is 30.7 Å². The number of benzene rings is 2. The van der Waals surface area contributed by atoms with Crippen molar-refractivity contribution >= 4 is 20.9 Å². The Morgan fingerprint density at radius 2 is 1.66 bits per heavy atom. The van der Waals surface area contributed by atoms with Gasteiger partial charge >= 0.3 is 0 Å². The fourth-order valence-corrected chi connectivity index (χ4v) is 6.44. The summed E-state index contributed by atoms with van der Waals surface area (Å²) in [6, 6.07) is 7.67. The number of H-pyrrole nitrogens is 1. The van der Waals surface area contributed by atoms with E-state index in [4.69, 9.17) is 4.74 Å². The van der Waals surface area contributed by atoms with Crippen molar-refractivity contribution in [3.05, 3.63) is 59.4 Å². The summed E-state index contributed by atoms with van der Waals surface area (Å²) in [7, 11) is -3.46. The Labute approximate surface area is 184 Å². The molecule has 0 spiro atoms. The highest BCUT2D eigenvalue weighted by molar-refractivity contribution is 7.90. The van der Waals surface area contributed by atoms with Gasteiger partial charge in [-0.25, -0.2) is 26.3 Å². The van der Waals surface area contributed by atoms with Gasteiger partial charge in [-0.05, 0) is 73.1 Å². The maximum Gasteiger partial charge on any atom is 0.214 e. The average molecular weight is 465 g/mol. The van der Waals surface area contributed by atoms with Crippen LogP contribution >= 0.6 is 0 Å². The van der Waals surface area contributed by atoms with E-state index in [0.717, 1.165) is 11.6 Å². The second-order valence-electron chi connectivity index (χ2n) is 8.57. The molecule has 1 aliphatic heterocycles. The van der Waals surface area contributed by atoms with Gasteiger partial charge in [0.15, 0.2) is 0 Å². The Hall–Kier alpha value is -2.36. The minimum atomic E-state index is -3.46. The molecule has 2 fully saturated rings. The number of fused-ring (bicyclic) bond motifs is 1. The molecule has 0 bridgehead atoms. The fraction of sp³-hybridized carbons (Fsp3) is 0.391. The highest BCUT2D eigenvalue weighted by Gasteiger charge is 2.38. The molecule has 170 valence electrons. The van der Waals surface area contributed by atoms with Crippen LogP contribution in [-0.4, -0.2) is 37.9 Å². The van der Waals surface area contributed by atoms with Crippen molar-refractivity contribution in [2.75, 3.05) is 13.2 Å². The molecule has 3 aromatic rings. The van der Waals surface area contributed by atoms with E-state index in [2.05, 4.69) is 9.71 Å². The molecule has 1 aromatic heterocycles. The Morgan fingerprint density at radius 1 is 0.969 bits per heavy atom. The van der Waals surface area contributed by atoms with Crippen molar-refractivity contribution in [3.63, 3.8) is 0 Å². The summed E-state index contributed by atoms with van der Waals surface area (Å²) in [6.45, 7) is 0.874. The average Bonchev–Trinajstić information content (AvgIpc) is 3.11. The zero-order valence-corrected chi connectivity index (χ0v) is 18.0. The Bertz CT molecular complexity index is 1250. The van der Waals surface area contributed by atoms with Crippen LogP contribution in [0.4, 0.5) is 13.2 Å². The molecule has 0 radical (unpaired) electrons. The second kappa shape index (κ2) is 8.20. The Balaban J connectivity index is 1.44. The topological polar surface area (TPSA) is 71.2 Å². The number of sulfonamides is 1. The van der Waals surface area contributed by atoms with Gasteiger partial charge in [-0.2, -0.15) is 0 Å².